The molecule has 1 aromatic rings. The molecule has 0 aliphatic carbocycles. The molecule has 2 aliphatic rings. The highest BCUT2D eigenvalue weighted by Crippen LogP contribution is 2.18. The Bertz CT molecular complexity index is 526. The van der Waals surface area contributed by atoms with Crippen molar-refractivity contribution in [3.63, 3.8) is 0 Å². The van der Waals surface area contributed by atoms with Crippen LogP contribution in [0.25, 0.3) is 0 Å². The van der Waals surface area contributed by atoms with E-state index in [0.29, 0.717) is 0 Å². The fraction of sp³-hybridized carbons (Fsp3) is 0.632. The lowest BCUT2D eigenvalue weighted by Gasteiger charge is -2.31. The fourth-order valence-electron chi connectivity index (χ4n) is 3.68. The lowest BCUT2D eigenvalue weighted by atomic mass is 10.0. The van der Waals surface area contributed by atoms with Gasteiger partial charge in [-0.15, -0.1) is 24.0 Å². The second-order valence-corrected chi connectivity index (χ2v) is 6.67. The summed E-state index contributed by atoms with van der Waals surface area (Å²) in [6.45, 7) is 6.94. The molecule has 5 heteroatoms. The SMILES string of the molecule is CN=C(NCCCCN1CCCC1)N1CCc2ccccc2C1.I. The Balaban J connectivity index is 0.00000208. The first-order valence-electron chi connectivity index (χ1n) is 9.11. The van der Waals surface area contributed by atoms with Crippen LogP contribution >= 0.6 is 24.0 Å². The molecule has 0 unspecified atom stereocenters. The van der Waals surface area contributed by atoms with Crippen LogP contribution in [0.3, 0.4) is 0 Å². The van der Waals surface area contributed by atoms with E-state index in [4.69, 9.17) is 0 Å². The van der Waals surface area contributed by atoms with Crippen LogP contribution in [-0.2, 0) is 13.0 Å². The standard InChI is InChI=1S/C19H30N4.HI/c1-20-19(21-11-4-5-12-22-13-6-7-14-22)23-15-10-17-8-2-3-9-18(17)16-23;/h2-3,8-9H,4-7,10-16H2,1H3,(H,20,21);1H. The van der Waals surface area contributed by atoms with E-state index < -0.39 is 0 Å². The van der Waals surface area contributed by atoms with Crippen molar-refractivity contribution in [2.45, 2.75) is 38.6 Å². The van der Waals surface area contributed by atoms with Crippen LogP contribution in [0, 0.1) is 0 Å². The van der Waals surface area contributed by atoms with Crippen LogP contribution in [-0.4, -0.2) is 55.5 Å². The number of guanidine groups is 1. The number of nitrogens with zero attached hydrogens (tertiary/aromatic N) is 3. The summed E-state index contributed by atoms with van der Waals surface area (Å²) in [6, 6.07) is 8.77. The first kappa shape index (κ1) is 19.5. The predicted octanol–water partition coefficient (Wildman–Crippen LogP) is 3.11. The van der Waals surface area contributed by atoms with E-state index in [1.54, 1.807) is 0 Å². The van der Waals surface area contributed by atoms with E-state index in [9.17, 15) is 0 Å². The summed E-state index contributed by atoms with van der Waals surface area (Å²) in [5.41, 5.74) is 2.93. The van der Waals surface area contributed by atoms with Crippen LogP contribution in [0.5, 0.6) is 0 Å². The van der Waals surface area contributed by atoms with E-state index in [-0.39, 0.29) is 24.0 Å². The predicted molar refractivity (Wildman–Crippen MR) is 112 cm³/mol. The smallest absolute Gasteiger partial charge is 0.193 e. The third-order valence-corrected chi connectivity index (χ3v) is 5.02. The first-order valence-corrected chi connectivity index (χ1v) is 9.11. The average Bonchev–Trinajstić information content (AvgIpc) is 3.11. The minimum Gasteiger partial charge on any atom is -0.356 e. The van der Waals surface area contributed by atoms with Gasteiger partial charge in [-0.25, -0.2) is 0 Å². The number of nitrogens with one attached hydrogen (secondary N) is 1. The van der Waals surface area contributed by atoms with Gasteiger partial charge in [-0.2, -0.15) is 0 Å². The molecule has 134 valence electrons. The van der Waals surface area contributed by atoms with Gasteiger partial charge in [-0.3, -0.25) is 4.99 Å². The zero-order valence-corrected chi connectivity index (χ0v) is 17.2. The quantitative estimate of drug-likeness (QED) is 0.329. The van der Waals surface area contributed by atoms with Crippen LogP contribution in [0.1, 0.15) is 36.8 Å². The summed E-state index contributed by atoms with van der Waals surface area (Å²) in [5.74, 6) is 1.06. The van der Waals surface area contributed by atoms with Crippen molar-refractivity contribution < 1.29 is 0 Å². The number of aliphatic imine (C=N–C) groups is 1. The molecule has 1 N–H and O–H groups in total. The number of rotatable bonds is 5. The minimum atomic E-state index is 0. The third-order valence-electron chi connectivity index (χ3n) is 5.02. The van der Waals surface area contributed by atoms with Crippen molar-refractivity contribution >= 4 is 29.9 Å². The number of unbranched alkanes of at least 4 members (excludes halogenated alkanes) is 1. The maximum Gasteiger partial charge on any atom is 0.193 e. The molecule has 0 saturated carbocycles. The highest BCUT2D eigenvalue weighted by molar-refractivity contribution is 14.0. The maximum absolute atomic E-state index is 4.48. The van der Waals surface area contributed by atoms with E-state index in [1.807, 2.05) is 7.05 Å². The molecule has 0 amide bonds. The molecule has 0 aromatic heterocycles. The van der Waals surface area contributed by atoms with Gasteiger partial charge in [0.05, 0.1) is 0 Å². The Hall–Kier alpha value is -0.820. The van der Waals surface area contributed by atoms with Crippen LogP contribution in [0.4, 0.5) is 0 Å². The molecule has 2 heterocycles. The number of hydrogen-bond acceptors (Lipinski definition) is 2. The Morgan fingerprint density at radius 2 is 1.83 bits per heavy atom. The van der Waals surface area contributed by atoms with Gasteiger partial charge in [0.2, 0.25) is 0 Å². The van der Waals surface area contributed by atoms with Crippen molar-refractivity contribution in [1.82, 2.24) is 15.1 Å². The Labute approximate surface area is 163 Å². The molecule has 0 atom stereocenters. The number of hydrogen-bond donors (Lipinski definition) is 1. The second kappa shape index (κ2) is 10.2. The van der Waals surface area contributed by atoms with E-state index >= 15 is 0 Å². The van der Waals surface area contributed by atoms with Gasteiger partial charge in [-0.05, 0) is 62.9 Å². The molecular weight excluding hydrogens is 411 g/mol. The van der Waals surface area contributed by atoms with E-state index in [0.717, 1.165) is 32.0 Å². The third kappa shape index (κ3) is 5.34. The molecule has 0 bridgehead atoms. The number of likely N-dealkylation sites (tertiary alicyclic amines) is 1. The monoisotopic (exact) mass is 442 g/mol. The Morgan fingerprint density at radius 3 is 2.58 bits per heavy atom. The summed E-state index contributed by atoms with van der Waals surface area (Å²) in [4.78, 5) is 9.45. The minimum absolute atomic E-state index is 0. The van der Waals surface area contributed by atoms with Crippen molar-refractivity contribution in [3.8, 4) is 0 Å². The normalized spacial score (nSPS) is 18.2. The van der Waals surface area contributed by atoms with E-state index in [1.165, 1.54) is 56.4 Å². The number of halogens is 1. The van der Waals surface area contributed by atoms with Gasteiger partial charge >= 0.3 is 0 Å². The highest BCUT2D eigenvalue weighted by atomic mass is 127. The number of benzene rings is 1. The second-order valence-electron chi connectivity index (χ2n) is 6.67. The Kier molecular flexibility index (Phi) is 8.32. The molecular formula is C19H31IN4. The van der Waals surface area contributed by atoms with Gasteiger partial charge in [-0.1, -0.05) is 24.3 Å². The zero-order valence-electron chi connectivity index (χ0n) is 14.8. The van der Waals surface area contributed by atoms with Crippen LogP contribution in [0.2, 0.25) is 0 Å². The first-order chi connectivity index (χ1) is 11.4. The summed E-state index contributed by atoms with van der Waals surface area (Å²) < 4.78 is 0. The summed E-state index contributed by atoms with van der Waals surface area (Å²) in [6.07, 6.45) is 6.40. The van der Waals surface area contributed by atoms with Crippen molar-refractivity contribution in [2.75, 3.05) is 39.8 Å². The van der Waals surface area contributed by atoms with Gasteiger partial charge in [0.15, 0.2) is 5.96 Å². The van der Waals surface area contributed by atoms with Crippen LogP contribution < -0.4 is 5.32 Å². The summed E-state index contributed by atoms with van der Waals surface area (Å²) >= 11 is 0. The van der Waals surface area contributed by atoms with Gasteiger partial charge in [0.25, 0.3) is 0 Å². The van der Waals surface area contributed by atoms with Gasteiger partial charge in [0, 0.05) is 26.7 Å². The molecule has 4 nitrogen and oxygen atoms in total. The van der Waals surface area contributed by atoms with Crippen molar-refractivity contribution in [2.24, 2.45) is 4.99 Å². The zero-order chi connectivity index (χ0) is 15.9. The molecule has 1 aromatic carbocycles. The number of fused-ring (bicyclic) bond motifs is 1. The van der Waals surface area contributed by atoms with Crippen molar-refractivity contribution in [3.05, 3.63) is 35.4 Å². The lowest BCUT2D eigenvalue weighted by Crippen LogP contribution is -2.44. The largest absolute Gasteiger partial charge is 0.356 e. The van der Waals surface area contributed by atoms with Gasteiger partial charge in [0.1, 0.15) is 0 Å². The molecule has 1 saturated heterocycles. The Morgan fingerprint density at radius 1 is 1.08 bits per heavy atom. The summed E-state index contributed by atoms with van der Waals surface area (Å²) in [5, 5.41) is 3.55. The molecule has 0 spiro atoms. The van der Waals surface area contributed by atoms with Crippen molar-refractivity contribution in [1.29, 1.82) is 0 Å². The average molecular weight is 442 g/mol. The topological polar surface area (TPSA) is 30.9 Å². The van der Waals surface area contributed by atoms with E-state index in [2.05, 4.69) is 44.4 Å². The van der Waals surface area contributed by atoms with Crippen LogP contribution in [0.15, 0.2) is 29.3 Å². The van der Waals surface area contributed by atoms with Gasteiger partial charge < -0.3 is 15.1 Å². The molecule has 1 fully saturated rings. The molecule has 3 rings (SSSR count). The molecule has 2 aliphatic heterocycles. The molecule has 0 radical (unpaired) electrons. The molecule has 24 heavy (non-hydrogen) atoms. The lowest BCUT2D eigenvalue weighted by molar-refractivity contribution is 0.329. The summed E-state index contributed by atoms with van der Waals surface area (Å²) in [7, 11) is 1.90. The maximum atomic E-state index is 4.48. The highest BCUT2D eigenvalue weighted by Gasteiger charge is 2.18. The fourth-order valence-corrected chi connectivity index (χ4v) is 3.68.